The van der Waals surface area contributed by atoms with Gasteiger partial charge >= 0.3 is 12.1 Å². The molecule has 0 aliphatic carbocycles. The fourth-order valence-corrected chi connectivity index (χ4v) is 6.16. The number of thiazole rings is 1. The fraction of sp³-hybridized carbons (Fsp3) is 0.462. The number of benzene rings is 1. The molecule has 2 unspecified atom stereocenters. The van der Waals surface area contributed by atoms with Crippen LogP contribution in [0.25, 0.3) is 0 Å². The lowest BCUT2D eigenvalue weighted by Gasteiger charge is -2.53. The predicted octanol–water partition coefficient (Wildman–Crippen LogP) is 1.72. The van der Waals surface area contributed by atoms with Gasteiger partial charge in [-0.15, -0.1) is 23.1 Å². The molecule has 0 bridgehead atoms. The molecule has 2 aliphatic rings. The van der Waals surface area contributed by atoms with Gasteiger partial charge in [0.25, 0.3) is 5.91 Å². The number of oxime groups is 1. The molecule has 14 nitrogen and oxygen atoms in total. The molecule has 226 valence electrons. The average molecular weight is 622 g/mol. The Morgan fingerprint density at radius 2 is 1.90 bits per heavy atom. The lowest BCUT2D eigenvalue weighted by atomic mass is 9.99. The SMILES string of the molecule is CON=C(C(=O)N[C@@H]1C(=O)N2C(C(=O)OCc3ccc(OC)cc3)C(O)CS[C@H]12)c1csc(NC(=O)OC(C)(C)C)n1. The van der Waals surface area contributed by atoms with Crippen LogP contribution in [-0.4, -0.2) is 93.7 Å². The second-order valence-electron chi connectivity index (χ2n) is 10.2. The number of nitrogens with one attached hydrogen (secondary N) is 2. The number of ether oxygens (including phenoxy) is 3. The van der Waals surface area contributed by atoms with Crippen LogP contribution in [0.3, 0.4) is 0 Å². The Morgan fingerprint density at radius 1 is 1.19 bits per heavy atom. The van der Waals surface area contributed by atoms with Crippen LogP contribution in [0, 0.1) is 0 Å². The van der Waals surface area contributed by atoms with E-state index < -0.39 is 53.0 Å². The highest BCUT2D eigenvalue weighted by molar-refractivity contribution is 8.00. The van der Waals surface area contributed by atoms with E-state index in [4.69, 9.17) is 19.0 Å². The van der Waals surface area contributed by atoms with Gasteiger partial charge in [-0.05, 0) is 38.5 Å². The van der Waals surface area contributed by atoms with E-state index in [2.05, 4.69) is 20.8 Å². The molecule has 4 rings (SSSR count). The molecule has 16 heteroatoms. The highest BCUT2D eigenvalue weighted by atomic mass is 32.2. The average Bonchev–Trinajstić information content (AvgIpc) is 3.39. The van der Waals surface area contributed by atoms with Gasteiger partial charge in [-0.3, -0.25) is 14.9 Å². The summed E-state index contributed by atoms with van der Waals surface area (Å²) in [7, 11) is 2.79. The Labute approximate surface area is 249 Å². The number of hydrogen-bond acceptors (Lipinski definition) is 13. The van der Waals surface area contributed by atoms with Gasteiger partial charge in [0.05, 0.1) is 13.2 Å². The smallest absolute Gasteiger partial charge is 0.413 e. The molecule has 4 atom stereocenters. The first-order valence-corrected chi connectivity index (χ1v) is 14.6. The number of aromatic nitrogens is 1. The normalized spacial score (nSPS) is 21.9. The molecule has 1 aromatic carbocycles. The molecule has 2 aromatic rings. The van der Waals surface area contributed by atoms with Gasteiger partial charge in [-0.1, -0.05) is 17.3 Å². The summed E-state index contributed by atoms with van der Waals surface area (Å²) in [6.07, 6.45) is -1.86. The van der Waals surface area contributed by atoms with Crippen molar-refractivity contribution in [2.45, 2.75) is 56.5 Å². The lowest BCUT2D eigenvalue weighted by Crippen LogP contribution is -2.77. The van der Waals surface area contributed by atoms with Crippen LogP contribution in [0.2, 0.25) is 0 Å². The van der Waals surface area contributed by atoms with Crippen molar-refractivity contribution in [2.75, 3.05) is 25.3 Å². The highest BCUT2D eigenvalue weighted by Gasteiger charge is 2.58. The van der Waals surface area contributed by atoms with Crippen molar-refractivity contribution in [3.05, 3.63) is 40.9 Å². The van der Waals surface area contributed by atoms with Crippen LogP contribution in [0.5, 0.6) is 5.75 Å². The Kier molecular flexibility index (Phi) is 9.58. The first-order chi connectivity index (χ1) is 19.9. The number of methoxy groups -OCH3 is 1. The Balaban J connectivity index is 1.39. The van der Waals surface area contributed by atoms with Crippen LogP contribution in [-0.2, 0) is 35.3 Å². The van der Waals surface area contributed by atoms with Crippen molar-refractivity contribution >= 4 is 57.8 Å². The predicted molar refractivity (Wildman–Crippen MR) is 153 cm³/mol. The molecule has 42 heavy (non-hydrogen) atoms. The molecular formula is C26H31N5O9S2. The zero-order valence-electron chi connectivity index (χ0n) is 23.5. The number of carbonyl (C=O) groups excluding carboxylic acids is 4. The Bertz CT molecular complexity index is 1360. The number of anilines is 1. The van der Waals surface area contributed by atoms with E-state index in [1.165, 1.54) is 29.2 Å². The third-order valence-corrected chi connectivity index (χ3v) is 8.13. The van der Waals surface area contributed by atoms with Crippen molar-refractivity contribution in [3.8, 4) is 5.75 Å². The van der Waals surface area contributed by atoms with Crippen LogP contribution < -0.4 is 15.4 Å². The second kappa shape index (κ2) is 13.0. The van der Waals surface area contributed by atoms with Crippen molar-refractivity contribution in [2.24, 2.45) is 5.16 Å². The minimum atomic E-state index is -1.22. The van der Waals surface area contributed by atoms with Gasteiger partial charge in [0.2, 0.25) is 5.91 Å². The third-order valence-electron chi connectivity index (χ3n) is 6.00. The molecular weight excluding hydrogens is 590 g/mol. The van der Waals surface area contributed by atoms with Crippen LogP contribution in [0.1, 0.15) is 32.0 Å². The summed E-state index contributed by atoms with van der Waals surface area (Å²) >= 11 is 2.26. The van der Waals surface area contributed by atoms with Gasteiger partial charge in [0, 0.05) is 11.1 Å². The molecule has 3 N–H and O–H groups in total. The van der Waals surface area contributed by atoms with Gasteiger partial charge in [-0.25, -0.2) is 14.6 Å². The molecule has 3 heterocycles. The molecule has 0 spiro atoms. The van der Waals surface area contributed by atoms with E-state index in [0.717, 1.165) is 11.3 Å². The zero-order valence-corrected chi connectivity index (χ0v) is 25.1. The van der Waals surface area contributed by atoms with E-state index in [1.54, 1.807) is 52.1 Å². The minimum Gasteiger partial charge on any atom is -0.497 e. The number of β-lactam (4-membered cyclic amide) rings is 1. The van der Waals surface area contributed by atoms with Gasteiger partial charge in [0.1, 0.15) is 42.2 Å². The number of nitrogens with zero attached hydrogens (tertiary/aromatic N) is 3. The largest absolute Gasteiger partial charge is 0.497 e. The Hall–Kier alpha value is -3.89. The maximum absolute atomic E-state index is 13.2. The number of rotatable bonds is 9. The van der Waals surface area contributed by atoms with E-state index in [0.29, 0.717) is 11.3 Å². The van der Waals surface area contributed by atoms with E-state index in [1.807, 2.05) is 0 Å². The lowest BCUT2D eigenvalue weighted by molar-refractivity contribution is -0.171. The van der Waals surface area contributed by atoms with Gasteiger partial charge < -0.3 is 34.4 Å². The summed E-state index contributed by atoms with van der Waals surface area (Å²) in [4.78, 5) is 61.5. The van der Waals surface area contributed by atoms with Crippen LogP contribution >= 0.6 is 23.1 Å². The topological polar surface area (TPSA) is 178 Å². The number of aliphatic hydroxyl groups is 1. The zero-order chi connectivity index (χ0) is 30.6. The minimum absolute atomic E-state index is 0.0543. The summed E-state index contributed by atoms with van der Waals surface area (Å²) in [5, 5.41) is 20.4. The third kappa shape index (κ3) is 7.11. The molecule has 1 aromatic heterocycles. The van der Waals surface area contributed by atoms with E-state index in [9.17, 15) is 24.3 Å². The molecule has 2 aliphatic heterocycles. The summed E-state index contributed by atoms with van der Waals surface area (Å²) in [6.45, 7) is 5.10. The summed E-state index contributed by atoms with van der Waals surface area (Å²) in [5.41, 5.74) is -0.138. The summed E-state index contributed by atoms with van der Waals surface area (Å²) < 4.78 is 15.7. The van der Waals surface area contributed by atoms with Crippen molar-refractivity contribution in [1.82, 2.24) is 15.2 Å². The van der Waals surface area contributed by atoms with Crippen molar-refractivity contribution < 1.29 is 43.3 Å². The monoisotopic (exact) mass is 621 g/mol. The van der Waals surface area contributed by atoms with E-state index >= 15 is 0 Å². The molecule has 2 saturated heterocycles. The van der Waals surface area contributed by atoms with Gasteiger partial charge in [-0.2, -0.15) is 0 Å². The standard InChI is InChI=1S/C26H31N5O9S2/c1-26(2,3)40-25(36)29-24-27-15(11-42-24)17(30-38-5)20(33)28-18-21(34)31-19(16(32)12-41-22(18)31)23(35)39-10-13-6-8-14(37-4)9-7-13/h6-9,11,16,18-19,22,32H,10,12H2,1-5H3,(H,28,33)(H,27,29,36)/t16?,18-,19?,22-/m1/s1. The second-order valence-corrected chi connectivity index (χ2v) is 12.2. The number of hydrogen-bond donors (Lipinski definition) is 3. The van der Waals surface area contributed by atoms with Crippen molar-refractivity contribution in [1.29, 1.82) is 0 Å². The number of aliphatic hydroxyl groups excluding tert-OH is 1. The number of carbonyl (C=O) groups is 4. The quantitative estimate of drug-likeness (QED) is 0.161. The number of fused-ring (bicyclic) bond motifs is 1. The van der Waals surface area contributed by atoms with Crippen LogP contribution in [0.4, 0.5) is 9.93 Å². The molecule has 3 amide bonds. The van der Waals surface area contributed by atoms with E-state index in [-0.39, 0.29) is 28.9 Å². The molecule has 0 saturated carbocycles. The Morgan fingerprint density at radius 3 is 2.55 bits per heavy atom. The number of amides is 3. The maximum Gasteiger partial charge on any atom is 0.413 e. The fourth-order valence-electron chi connectivity index (χ4n) is 4.13. The molecule has 2 fully saturated rings. The van der Waals surface area contributed by atoms with Crippen LogP contribution in [0.15, 0.2) is 34.8 Å². The highest BCUT2D eigenvalue weighted by Crippen LogP contribution is 2.38. The summed E-state index contributed by atoms with van der Waals surface area (Å²) in [5.74, 6) is -1.27. The van der Waals surface area contributed by atoms with Gasteiger partial charge in [0.15, 0.2) is 16.9 Å². The first-order valence-electron chi connectivity index (χ1n) is 12.7. The number of esters is 1. The maximum atomic E-state index is 13.2. The number of thioether (sulfide) groups is 1. The molecule has 0 radical (unpaired) electrons. The van der Waals surface area contributed by atoms with Crippen molar-refractivity contribution in [3.63, 3.8) is 0 Å². The first kappa shape index (κ1) is 31.1. The summed E-state index contributed by atoms with van der Waals surface area (Å²) in [6, 6.07) is 4.71.